The van der Waals surface area contributed by atoms with Crippen molar-refractivity contribution in [3.8, 4) is 27.9 Å². The van der Waals surface area contributed by atoms with Gasteiger partial charge in [0.05, 0.1) is 16.6 Å². The van der Waals surface area contributed by atoms with Crippen molar-refractivity contribution in [3.63, 3.8) is 0 Å². The minimum absolute atomic E-state index is 0.164. The Hall–Kier alpha value is -4.02. The van der Waals surface area contributed by atoms with Gasteiger partial charge in [0, 0.05) is 5.56 Å². The van der Waals surface area contributed by atoms with Gasteiger partial charge >= 0.3 is 0 Å². The summed E-state index contributed by atoms with van der Waals surface area (Å²) in [5, 5.41) is 11.5. The molecule has 0 bridgehead atoms. The molecule has 148 valence electrons. The van der Waals surface area contributed by atoms with Crippen LogP contribution in [0.25, 0.3) is 38.8 Å². The van der Waals surface area contributed by atoms with E-state index < -0.39 is 6.10 Å². The number of benzene rings is 4. The summed E-state index contributed by atoms with van der Waals surface area (Å²) < 4.78 is 1.55. The molecule has 1 aliphatic rings. The van der Waals surface area contributed by atoms with E-state index in [0.717, 1.165) is 22.3 Å². The summed E-state index contributed by atoms with van der Waals surface area (Å²) in [6.45, 7) is 0. The molecule has 1 aromatic heterocycles. The fourth-order valence-corrected chi connectivity index (χ4v) is 4.36. The van der Waals surface area contributed by atoms with Gasteiger partial charge in [-0.25, -0.2) is 4.98 Å². The van der Waals surface area contributed by atoms with Gasteiger partial charge in [-0.2, -0.15) is 0 Å². The van der Waals surface area contributed by atoms with Crippen LogP contribution in [0, 0.1) is 0 Å². The highest BCUT2D eigenvalue weighted by molar-refractivity contribution is 5.84. The molecule has 0 radical (unpaired) electrons. The molecule has 0 saturated heterocycles. The predicted octanol–water partition coefficient (Wildman–Crippen LogP) is 5.11. The lowest BCUT2D eigenvalue weighted by Gasteiger charge is -2.09. The smallest absolute Gasteiger partial charge is 0.266 e. The maximum absolute atomic E-state index is 13.5. The number of fused-ring (bicyclic) bond motifs is 4. The van der Waals surface area contributed by atoms with Crippen LogP contribution >= 0.6 is 0 Å². The average Bonchev–Trinajstić information content (AvgIpc) is 3.11. The van der Waals surface area contributed by atoms with E-state index in [1.807, 2.05) is 97.1 Å². The molecule has 4 nitrogen and oxygen atoms in total. The average molecular weight is 402 g/mol. The molecule has 1 atom stereocenters. The van der Waals surface area contributed by atoms with E-state index in [0.29, 0.717) is 28.0 Å². The van der Waals surface area contributed by atoms with E-state index in [-0.39, 0.29) is 5.56 Å². The molecule has 0 spiro atoms. The summed E-state index contributed by atoms with van der Waals surface area (Å²) in [7, 11) is 0. The number of aromatic nitrogens is 2. The van der Waals surface area contributed by atoms with E-state index in [1.165, 1.54) is 0 Å². The van der Waals surface area contributed by atoms with Gasteiger partial charge in [-0.05, 0) is 46.5 Å². The van der Waals surface area contributed by atoms with Crippen LogP contribution in [0.15, 0.2) is 102 Å². The van der Waals surface area contributed by atoms with Crippen LogP contribution < -0.4 is 5.56 Å². The van der Waals surface area contributed by atoms with Crippen LogP contribution in [0.5, 0.6) is 0 Å². The summed E-state index contributed by atoms with van der Waals surface area (Å²) >= 11 is 0. The van der Waals surface area contributed by atoms with Crippen molar-refractivity contribution in [1.82, 2.24) is 9.55 Å². The standard InChI is InChI=1S/C27H18N2O2/c30-25-22-16-20(18-9-5-2-6-10-18)12-14-24(22)29-26(25)28-23-13-11-19(15-21(23)27(29)31)17-7-3-1-4-8-17/h1-16,25,30H. The number of hydrogen-bond donors (Lipinski definition) is 1. The fraction of sp³-hybridized carbons (Fsp3) is 0.0370. The first-order valence-corrected chi connectivity index (χ1v) is 10.2. The molecule has 0 aliphatic carbocycles. The van der Waals surface area contributed by atoms with E-state index in [2.05, 4.69) is 4.98 Å². The Morgan fingerprint density at radius 2 is 1.32 bits per heavy atom. The molecule has 1 aliphatic heterocycles. The topological polar surface area (TPSA) is 55.1 Å². The maximum atomic E-state index is 13.5. The highest BCUT2D eigenvalue weighted by Gasteiger charge is 2.31. The summed E-state index contributed by atoms with van der Waals surface area (Å²) in [5.41, 5.74) is 5.87. The summed E-state index contributed by atoms with van der Waals surface area (Å²) in [4.78, 5) is 18.1. The van der Waals surface area contributed by atoms with Gasteiger partial charge in [0.25, 0.3) is 5.56 Å². The van der Waals surface area contributed by atoms with Crippen LogP contribution in [0.2, 0.25) is 0 Å². The third kappa shape index (κ3) is 2.73. The molecule has 5 aromatic rings. The highest BCUT2D eigenvalue weighted by Crippen LogP contribution is 2.37. The number of nitrogens with zero attached hydrogens (tertiary/aromatic N) is 2. The Labute approximate surface area is 178 Å². The second-order valence-corrected chi connectivity index (χ2v) is 7.75. The lowest BCUT2D eigenvalue weighted by Crippen LogP contribution is -2.21. The summed E-state index contributed by atoms with van der Waals surface area (Å²) in [6.07, 6.45) is -0.940. The second kappa shape index (κ2) is 6.76. The van der Waals surface area contributed by atoms with Crippen molar-refractivity contribution < 1.29 is 5.11 Å². The van der Waals surface area contributed by atoms with Gasteiger partial charge in [-0.3, -0.25) is 9.36 Å². The molecule has 0 amide bonds. The van der Waals surface area contributed by atoms with Gasteiger partial charge < -0.3 is 5.11 Å². The zero-order chi connectivity index (χ0) is 20.9. The number of hydrogen-bond acceptors (Lipinski definition) is 3. The first kappa shape index (κ1) is 17.8. The van der Waals surface area contributed by atoms with Crippen LogP contribution in [0.4, 0.5) is 0 Å². The number of aliphatic hydroxyl groups is 1. The van der Waals surface area contributed by atoms with Crippen LogP contribution in [-0.2, 0) is 0 Å². The Bertz CT molecular complexity index is 1510. The van der Waals surface area contributed by atoms with Crippen molar-refractivity contribution in [2.45, 2.75) is 6.10 Å². The van der Waals surface area contributed by atoms with Crippen LogP contribution in [-0.4, -0.2) is 14.7 Å². The van der Waals surface area contributed by atoms with Crippen LogP contribution in [0.3, 0.4) is 0 Å². The zero-order valence-corrected chi connectivity index (χ0v) is 16.6. The molecule has 2 heterocycles. The highest BCUT2D eigenvalue weighted by atomic mass is 16.3. The van der Waals surface area contributed by atoms with Crippen LogP contribution in [0.1, 0.15) is 17.5 Å². The third-order valence-corrected chi connectivity index (χ3v) is 5.92. The monoisotopic (exact) mass is 402 g/mol. The van der Waals surface area contributed by atoms with Crippen molar-refractivity contribution in [1.29, 1.82) is 0 Å². The number of rotatable bonds is 2. The van der Waals surface area contributed by atoms with Gasteiger partial charge in [-0.15, -0.1) is 0 Å². The molecule has 0 fully saturated rings. The van der Waals surface area contributed by atoms with Crippen molar-refractivity contribution in [2.75, 3.05) is 0 Å². The largest absolute Gasteiger partial charge is 0.380 e. The van der Waals surface area contributed by atoms with E-state index in [4.69, 9.17) is 0 Å². The summed E-state index contributed by atoms with van der Waals surface area (Å²) in [5.74, 6) is 0.366. The van der Waals surface area contributed by atoms with Gasteiger partial charge in [0.1, 0.15) is 6.10 Å². The molecular formula is C27H18N2O2. The molecule has 6 rings (SSSR count). The maximum Gasteiger partial charge on any atom is 0.266 e. The van der Waals surface area contributed by atoms with E-state index in [9.17, 15) is 9.90 Å². The fourth-order valence-electron chi connectivity index (χ4n) is 4.36. The lowest BCUT2D eigenvalue weighted by atomic mass is 10.0. The molecule has 0 saturated carbocycles. The molecule has 4 heteroatoms. The quantitative estimate of drug-likeness (QED) is 0.446. The molecular weight excluding hydrogens is 384 g/mol. The van der Waals surface area contributed by atoms with Crippen molar-refractivity contribution >= 4 is 10.9 Å². The van der Waals surface area contributed by atoms with E-state index in [1.54, 1.807) is 4.57 Å². The van der Waals surface area contributed by atoms with Gasteiger partial charge in [-0.1, -0.05) is 72.8 Å². The predicted molar refractivity (Wildman–Crippen MR) is 122 cm³/mol. The SMILES string of the molecule is O=c1c2cc(-c3ccccc3)ccc2nc2n1-c1ccc(-c3ccccc3)cc1C2O. The lowest BCUT2D eigenvalue weighted by molar-refractivity contribution is 0.216. The first-order chi connectivity index (χ1) is 15.2. The molecule has 1 unspecified atom stereocenters. The van der Waals surface area contributed by atoms with Gasteiger partial charge in [0.15, 0.2) is 5.82 Å². The Balaban J connectivity index is 1.55. The van der Waals surface area contributed by atoms with Crippen molar-refractivity contribution in [3.05, 3.63) is 119 Å². The van der Waals surface area contributed by atoms with Gasteiger partial charge in [0.2, 0.25) is 0 Å². The number of aliphatic hydroxyl groups excluding tert-OH is 1. The minimum atomic E-state index is -0.940. The minimum Gasteiger partial charge on any atom is -0.380 e. The third-order valence-electron chi connectivity index (χ3n) is 5.92. The Morgan fingerprint density at radius 1 is 0.710 bits per heavy atom. The molecule has 31 heavy (non-hydrogen) atoms. The zero-order valence-electron chi connectivity index (χ0n) is 16.6. The van der Waals surface area contributed by atoms with E-state index >= 15 is 0 Å². The Kier molecular flexibility index (Phi) is 3.88. The molecule has 1 N–H and O–H groups in total. The van der Waals surface area contributed by atoms with Crippen molar-refractivity contribution in [2.24, 2.45) is 0 Å². The first-order valence-electron chi connectivity index (χ1n) is 10.2. The molecule has 4 aromatic carbocycles. The second-order valence-electron chi connectivity index (χ2n) is 7.75. The summed E-state index contributed by atoms with van der Waals surface area (Å²) in [6, 6.07) is 31.5. The Morgan fingerprint density at radius 3 is 2.00 bits per heavy atom. The normalized spacial score (nSPS) is 14.4.